The van der Waals surface area contributed by atoms with Crippen molar-refractivity contribution in [3.63, 3.8) is 0 Å². The van der Waals surface area contributed by atoms with Gasteiger partial charge in [-0.3, -0.25) is 4.98 Å². The van der Waals surface area contributed by atoms with Crippen LogP contribution in [0.2, 0.25) is 0 Å². The van der Waals surface area contributed by atoms with Gasteiger partial charge >= 0.3 is 5.97 Å². The Morgan fingerprint density at radius 1 is 1.45 bits per heavy atom. The maximum absolute atomic E-state index is 11.3. The first-order chi connectivity index (χ1) is 9.79. The number of nitrogens with one attached hydrogen (secondary N) is 2. The van der Waals surface area contributed by atoms with Gasteiger partial charge in [0, 0.05) is 32.7 Å². The van der Waals surface area contributed by atoms with Crippen LogP contribution in [0.1, 0.15) is 16.9 Å². The van der Waals surface area contributed by atoms with E-state index in [1.165, 1.54) is 13.3 Å². The van der Waals surface area contributed by atoms with Crippen LogP contribution >= 0.6 is 0 Å². The highest BCUT2D eigenvalue weighted by molar-refractivity contribution is 5.87. The van der Waals surface area contributed by atoms with Crippen molar-refractivity contribution in [2.45, 2.75) is 6.42 Å². The number of anilines is 1. The molecular formula is C13H21N5O2. The molecule has 2 N–H and O–H groups in total. The lowest BCUT2D eigenvalue weighted by Gasteiger charge is -2.27. The van der Waals surface area contributed by atoms with Crippen LogP contribution in [-0.4, -0.2) is 67.2 Å². The Kier molecular flexibility index (Phi) is 5.69. The normalized spacial score (nSPS) is 15.8. The van der Waals surface area contributed by atoms with E-state index in [0.717, 1.165) is 45.7 Å². The second kappa shape index (κ2) is 7.76. The number of piperazine rings is 1. The Morgan fingerprint density at radius 2 is 2.25 bits per heavy atom. The van der Waals surface area contributed by atoms with Crippen molar-refractivity contribution in [3.8, 4) is 0 Å². The average molecular weight is 279 g/mol. The second-order valence-electron chi connectivity index (χ2n) is 4.65. The van der Waals surface area contributed by atoms with Crippen molar-refractivity contribution in [3.05, 3.63) is 18.1 Å². The molecule has 1 fully saturated rings. The van der Waals surface area contributed by atoms with Gasteiger partial charge in [-0.15, -0.1) is 0 Å². The summed E-state index contributed by atoms with van der Waals surface area (Å²) in [6, 6.07) is 0. The van der Waals surface area contributed by atoms with Gasteiger partial charge < -0.3 is 20.3 Å². The molecule has 1 aliphatic rings. The summed E-state index contributed by atoms with van der Waals surface area (Å²) < 4.78 is 4.61. The Balaban J connectivity index is 1.72. The highest BCUT2D eigenvalue weighted by Crippen LogP contribution is 2.03. The van der Waals surface area contributed by atoms with Gasteiger partial charge in [0.25, 0.3) is 0 Å². The second-order valence-corrected chi connectivity index (χ2v) is 4.65. The summed E-state index contributed by atoms with van der Waals surface area (Å²) in [6.45, 7) is 6.23. The molecule has 0 amide bonds. The third-order valence-corrected chi connectivity index (χ3v) is 3.20. The number of hydrogen-bond donors (Lipinski definition) is 2. The molecule has 7 heteroatoms. The predicted octanol–water partition coefficient (Wildman–Crippen LogP) is -0.0296. The predicted molar refractivity (Wildman–Crippen MR) is 75.8 cm³/mol. The summed E-state index contributed by atoms with van der Waals surface area (Å²) in [4.78, 5) is 21.9. The van der Waals surface area contributed by atoms with Gasteiger partial charge in [-0.05, 0) is 13.0 Å². The lowest BCUT2D eigenvalue weighted by Crippen LogP contribution is -2.44. The third-order valence-electron chi connectivity index (χ3n) is 3.20. The smallest absolute Gasteiger partial charge is 0.358 e. The lowest BCUT2D eigenvalue weighted by atomic mass is 10.3. The molecule has 0 radical (unpaired) electrons. The van der Waals surface area contributed by atoms with Crippen LogP contribution in [0.3, 0.4) is 0 Å². The lowest BCUT2D eigenvalue weighted by molar-refractivity contribution is 0.0593. The molecule has 0 aromatic carbocycles. The fraction of sp³-hybridized carbons (Fsp3) is 0.615. The summed E-state index contributed by atoms with van der Waals surface area (Å²) in [5.41, 5.74) is 0.222. The third kappa shape index (κ3) is 4.43. The summed E-state index contributed by atoms with van der Waals surface area (Å²) in [6.07, 6.45) is 4.04. The van der Waals surface area contributed by atoms with Crippen LogP contribution in [0.4, 0.5) is 5.82 Å². The van der Waals surface area contributed by atoms with Gasteiger partial charge in [0.1, 0.15) is 5.82 Å². The fourth-order valence-corrected chi connectivity index (χ4v) is 2.11. The molecule has 2 rings (SSSR count). The molecule has 0 atom stereocenters. The minimum Gasteiger partial charge on any atom is -0.464 e. The highest BCUT2D eigenvalue weighted by Gasteiger charge is 2.09. The minimum atomic E-state index is -0.470. The van der Waals surface area contributed by atoms with Gasteiger partial charge in [0.2, 0.25) is 0 Å². The number of esters is 1. The zero-order valence-electron chi connectivity index (χ0n) is 11.8. The largest absolute Gasteiger partial charge is 0.464 e. The number of rotatable bonds is 6. The molecule has 0 bridgehead atoms. The van der Waals surface area contributed by atoms with Crippen LogP contribution in [-0.2, 0) is 4.74 Å². The molecule has 0 unspecified atom stereocenters. The molecule has 1 aliphatic heterocycles. The maximum Gasteiger partial charge on any atom is 0.358 e. The summed E-state index contributed by atoms with van der Waals surface area (Å²) in [5.74, 6) is 0.134. The van der Waals surface area contributed by atoms with Gasteiger partial charge in [-0.2, -0.15) is 0 Å². The fourth-order valence-electron chi connectivity index (χ4n) is 2.11. The van der Waals surface area contributed by atoms with Crippen molar-refractivity contribution in [1.29, 1.82) is 0 Å². The van der Waals surface area contributed by atoms with Gasteiger partial charge in [0.05, 0.1) is 19.5 Å². The van der Waals surface area contributed by atoms with Crippen LogP contribution in [0.15, 0.2) is 12.4 Å². The zero-order chi connectivity index (χ0) is 14.2. The van der Waals surface area contributed by atoms with Crippen LogP contribution in [0.5, 0.6) is 0 Å². The SMILES string of the molecule is COC(=O)c1cncc(NCCCN2CCNCC2)n1. The minimum absolute atomic E-state index is 0.222. The van der Waals surface area contributed by atoms with Crippen molar-refractivity contribution in [2.24, 2.45) is 0 Å². The molecule has 1 saturated heterocycles. The number of aromatic nitrogens is 2. The van der Waals surface area contributed by atoms with Crippen LogP contribution in [0.25, 0.3) is 0 Å². The average Bonchev–Trinajstić information content (AvgIpc) is 2.52. The van der Waals surface area contributed by atoms with E-state index in [1.54, 1.807) is 6.20 Å². The zero-order valence-corrected chi connectivity index (χ0v) is 11.8. The van der Waals surface area contributed by atoms with Crippen LogP contribution in [0, 0.1) is 0 Å². The van der Waals surface area contributed by atoms with Crippen molar-refractivity contribution in [1.82, 2.24) is 20.2 Å². The topological polar surface area (TPSA) is 79.4 Å². The summed E-state index contributed by atoms with van der Waals surface area (Å²) in [7, 11) is 1.33. The number of methoxy groups -OCH3 is 1. The number of hydrogen-bond acceptors (Lipinski definition) is 7. The van der Waals surface area contributed by atoms with Crippen molar-refractivity contribution < 1.29 is 9.53 Å². The molecule has 7 nitrogen and oxygen atoms in total. The van der Waals surface area contributed by atoms with Crippen molar-refractivity contribution in [2.75, 3.05) is 51.7 Å². The highest BCUT2D eigenvalue weighted by atomic mass is 16.5. The molecule has 1 aromatic heterocycles. The molecule has 20 heavy (non-hydrogen) atoms. The number of carbonyl (C=O) groups is 1. The van der Waals surface area contributed by atoms with E-state index in [0.29, 0.717) is 5.82 Å². The Bertz CT molecular complexity index is 435. The van der Waals surface area contributed by atoms with E-state index in [1.807, 2.05) is 0 Å². The number of nitrogens with zero attached hydrogens (tertiary/aromatic N) is 3. The molecular weight excluding hydrogens is 258 g/mol. The Hall–Kier alpha value is -1.73. The first-order valence-electron chi connectivity index (χ1n) is 6.87. The van der Waals surface area contributed by atoms with Crippen molar-refractivity contribution >= 4 is 11.8 Å². The monoisotopic (exact) mass is 279 g/mol. The van der Waals surface area contributed by atoms with E-state index >= 15 is 0 Å². The molecule has 0 aliphatic carbocycles. The molecule has 0 spiro atoms. The first kappa shape index (κ1) is 14.7. The molecule has 1 aromatic rings. The standard InChI is InChI=1S/C13H21N5O2/c1-20-13(19)11-9-15-10-12(17-11)16-3-2-6-18-7-4-14-5-8-18/h9-10,14H,2-8H2,1H3,(H,16,17). The Labute approximate surface area is 118 Å². The number of ether oxygens (including phenoxy) is 1. The van der Waals surface area contributed by atoms with E-state index in [9.17, 15) is 4.79 Å². The molecule has 2 heterocycles. The molecule has 110 valence electrons. The van der Waals surface area contributed by atoms with Crippen LogP contribution < -0.4 is 10.6 Å². The van der Waals surface area contributed by atoms with Gasteiger partial charge in [-0.1, -0.05) is 0 Å². The first-order valence-corrected chi connectivity index (χ1v) is 6.87. The summed E-state index contributed by atoms with van der Waals surface area (Å²) in [5, 5.41) is 6.51. The van der Waals surface area contributed by atoms with E-state index < -0.39 is 5.97 Å². The maximum atomic E-state index is 11.3. The van der Waals surface area contributed by atoms with Gasteiger partial charge in [-0.25, -0.2) is 9.78 Å². The van der Waals surface area contributed by atoms with Gasteiger partial charge in [0.15, 0.2) is 5.69 Å². The Morgan fingerprint density at radius 3 is 3.00 bits per heavy atom. The van der Waals surface area contributed by atoms with E-state index in [-0.39, 0.29) is 5.69 Å². The summed E-state index contributed by atoms with van der Waals surface area (Å²) >= 11 is 0. The van der Waals surface area contributed by atoms with E-state index in [2.05, 4.69) is 30.2 Å². The quantitative estimate of drug-likeness (QED) is 0.559. The number of carbonyl (C=O) groups excluding carboxylic acids is 1. The van der Waals surface area contributed by atoms with E-state index in [4.69, 9.17) is 0 Å². The molecule has 0 saturated carbocycles.